The zero-order chi connectivity index (χ0) is 33.9. The maximum absolute atomic E-state index is 6.62. The van der Waals surface area contributed by atoms with Gasteiger partial charge < -0.3 is 18.0 Å². The lowest BCUT2D eigenvalue weighted by Gasteiger charge is -2.10. The summed E-state index contributed by atoms with van der Waals surface area (Å²) in [5.74, 6) is 0. The van der Waals surface area contributed by atoms with Crippen LogP contribution >= 0.6 is 0 Å². The van der Waals surface area contributed by atoms with Crippen molar-refractivity contribution >= 4 is 87.5 Å². The van der Waals surface area contributed by atoms with Gasteiger partial charge in [-0.05, 0) is 77.9 Å². The molecule has 4 heteroatoms. The van der Waals surface area contributed by atoms with E-state index in [1.807, 2.05) is 12.1 Å². The van der Waals surface area contributed by atoms with E-state index in [1.165, 1.54) is 21.5 Å². The minimum atomic E-state index is 0.901. The predicted octanol–water partition coefficient (Wildman–Crippen LogP) is 13.3. The average Bonchev–Trinajstić information content (AvgIpc) is 3.95. The van der Waals surface area contributed by atoms with E-state index in [4.69, 9.17) is 8.83 Å². The molecule has 0 aliphatic heterocycles. The van der Waals surface area contributed by atoms with Gasteiger partial charge in [-0.3, -0.25) is 0 Å². The van der Waals surface area contributed by atoms with Crippen LogP contribution in [0.15, 0.2) is 179 Å². The number of fused-ring (bicyclic) bond motifs is 14. The lowest BCUT2D eigenvalue weighted by atomic mass is 10.0. The van der Waals surface area contributed by atoms with Crippen LogP contribution < -0.4 is 0 Å². The number of rotatable bonds is 3. The van der Waals surface area contributed by atoms with Gasteiger partial charge in [-0.2, -0.15) is 0 Å². The zero-order valence-electron chi connectivity index (χ0n) is 27.9. The van der Waals surface area contributed by atoms with E-state index in [2.05, 4.69) is 167 Å². The molecule has 0 saturated carbocycles. The largest absolute Gasteiger partial charge is 0.454 e. The van der Waals surface area contributed by atoms with Crippen molar-refractivity contribution in [2.75, 3.05) is 0 Å². The normalized spacial score (nSPS) is 12.2. The molecular weight excluding hydrogens is 637 g/mol. The average molecular weight is 665 g/mol. The Morgan fingerprint density at radius 2 is 0.769 bits per heavy atom. The van der Waals surface area contributed by atoms with E-state index < -0.39 is 0 Å². The fourth-order valence-corrected chi connectivity index (χ4v) is 8.61. The van der Waals surface area contributed by atoms with Crippen molar-refractivity contribution in [1.29, 1.82) is 0 Å². The second-order valence-electron chi connectivity index (χ2n) is 13.7. The van der Waals surface area contributed by atoms with Crippen molar-refractivity contribution in [3.05, 3.63) is 170 Å². The van der Waals surface area contributed by atoms with Gasteiger partial charge in [0.05, 0.1) is 22.1 Å². The van der Waals surface area contributed by atoms with E-state index in [-0.39, 0.29) is 0 Å². The topological polar surface area (TPSA) is 36.1 Å². The molecular formula is C48H28N2O2. The molecule has 52 heavy (non-hydrogen) atoms. The number of furan rings is 2. The van der Waals surface area contributed by atoms with Gasteiger partial charge in [0, 0.05) is 54.5 Å². The maximum atomic E-state index is 6.62. The van der Waals surface area contributed by atoms with Gasteiger partial charge in [-0.15, -0.1) is 0 Å². The molecule has 0 aliphatic carbocycles. The van der Waals surface area contributed by atoms with Gasteiger partial charge in [0.1, 0.15) is 11.2 Å². The third kappa shape index (κ3) is 3.70. The van der Waals surface area contributed by atoms with Crippen LogP contribution in [0.3, 0.4) is 0 Å². The first kappa shape index (κ1) is 27.7. The lowest BCUT2D eigenvalue weighted by molar-refractivity contribution is 0.670. The van der Waals surface area contributed by atoms with E-state index in [0.29, 0.717) is 0 Å². The van der Waals surface area contributed by atoms with Crippen LogP contribution in [0.5, 0.6) is 0 Å². The first-order valence-electron chi connectivity index (χ1n) is 17.7. The summed E-state index contributed by atoms with van der Waals surface area (Å²) in [6.07, 6.45) is 0. The van der Waals surface area contributed by atoms with Crippen molar-refractivity contribution in [3.8, 4) is 22.5 Å². The van der Waals surface area contributed by atoms with Gasteiger partial charge in [-0.1, -0.05) is 103 Å². The predicted molar refractivity (Wildman–Crippen MR) is 215 cm³/mol. The van der Waals surface area contributed by atoms with Crippen LogP contribution in [0, 0.1) is 0 Å². The molecule has 0 atom stereocenters. The van der Waals surface area contributed by atoms with E-state index in [9.17, 15) is 0 Å². The van der Waals surface area contributed by atoms with E-state index in [1.54, 1.807) is 0 Å². The van der Waals surface area contributed by atoms with Crippen LogP contribution in [0.1, 0.15) is 0 Å². The summed E-state index contributed by atoms with van der Waals surface area (Å²) in [5.41, 5.74) is 12.6. The van der Waals surface area contributed by atoms with Crippen molar-refractivity contribution in [1.82, 2.24) is 9.13 Å². The number of benzene rings is 8. The zero-order valence-corrected chi connectivity index (χ0v) is 27.9. The number of nitrogens with zero attached hydrogens (tertiary/aromatic N) is 2. The molecule has 0 bridgehead atoms. The summed E-state index contributed by atoms with van der Waals surface area (Å²) in [5, 5.41) is 9.24. The first-order chi connectivity index (χ1) is 25.8. The summed E-state index contributed by atoms with van der Waals surface area (Å²) >= 11 is 0. The van der Waals surface area contributed by atoms with Gasteiger partial charge in [-0.25, -0.2) is 0 Å². The van der Waals surface area contributed by atoms with Crippen molar-refractivity contribution in [2.45, 2.75) is 0 Å². The molecule has 0 N–H and O–H groups in total. The summed E-state index contributed by atoms with van der Waals surface area (Å²) in [6.45, 7) is 0. The SMILES string of the molecule is c1ccc(-n2c3ccc(-c4ccc5c6ccc7c8ccccc8oc7c6n(-c6ccccc6)c5c4)cc3c3ccc4c5ccccc5oc4c32)cc1. The van der Waals surface area contributed by atoms with Gasteiger partial charge in [0.25, 0.3) is 0 Å². The number of hydrogen-bond acceptors (Lipinski definition) is 2. The van der Waals surface area contributed by atoms with E-state index >= 15 is 0 Å². The molecule has 12 rings (SSSR count). The highest BCUT2D eigenvalue weighted by molar-refractivity contribution is 6.23. The Morgan fingerprint density at radius 1 is 0.308 bits per heavy atom. The third-order valence-electron chi connectivity index (χ3n) is 10.9. The molecule has 0 fully saturated rings. The highest BCUT2D eigenvalue weighted by Gasteiger charge is 2.22. The Morgan fingerprint density at radius 3 is 1.38 bits per heavy atom. The standard InChI is InChI=1S/C48H28N2O2/c1-3-11-31(12-4-1)49-41-26-20-29(27-40(41)37-23-25-39-35-16-8-10-18-44(35)52-48(39)46(37)49)30-19-21-33-36-22-24-38-34-15-7-9-17-43(34)51-47(38)45(36)50(42(33)28-30)32-13-5-2-6-14-32/h1-28H. The molecule has 4 aromatic heterocycles. The minimum absolute atomic E-state index is 0.901. The molecule has 242 valence electrons. The van der Waals surface area contributed by atoms with Crippen molar-refractivity contribution in [2.24, 2.45) is 0 Å². The molecule has 0 spiro atoms. The molecule has 4 nitrogen and oxygen atoms in total. The van der Waals surface area contributed by atoms with Crippen LogP contribution in [-0.2, 0) is 0 Å². The van der Waals surface area contributed by atoms with E-state index in [0.717, 1.165) is 88.4 Å². The number of aromatic nitrogens is 2. The summed E-state index contributed by atoms with van der Waals surface area (Å²) < 4.78 is 18.0. The fraction of sp³-hybridized carbons (Fsp3) is 0. The first-order valence-corrected chi connectivity index (χ1v) is 17.7. The molecule has 8 aromatic carbocycles. The Kier molecular flexibility index (Phi) is 5.47. The van der Waals surface area contributed by atoms with Gasteiger partial charge >= 0.3 is 0 Å². The highest BCUT2D eigenvalue weighted by atomic mass is 16.3. The molecule has 12 aromatic rings. The summed E-state index contributed by atoms with van der Waals surface area (Å²) in [7, 11) is 0. The highest BCUT2D eigenvalue weighted by Crippen LogP contribution is 2.44. The second-order valence-corrected chi connectivity index (χ2v) is 13.7. The Balaban J connectivity index is 1.14. The molecule has 4 heterocycles. The van der Waals surface area contributed by atoms with Crippen LogP contribution in [0.2, 0.25) is 0 Å². The van der Waals surface area contributed by atoms with Crippen LogP contribution in [0.4, 0.5) is 0 Å². The molecule has 0 saturated heterocycles. The minimum Gasteiger partial charge on any atom is -0.454 e. The van der Waals surface area contributed by atoms with Gasteiger partial charge in [0.15, 0.2) is 11.2 Å². The van der Waals surface area contributed by atoms with Crippen LogP contribution in [0.25, 0.3) is 110 Å². The Bertz CT molecular complexity index is 3400. The summed E-state index contributed by atoms with van der Waals surface area (Å²) in [4.78, 5) is 0. The lowest BCUT2D eigenvalue weighted by Crippen LogP contribution is -1.94. The quantitative estimate of drug-likeness (QED) is 0.188. The monoisotopic (exact) mass is 664 g/mol. The van der Waals surface area contributed by atoms with Gasteiger partial charge in [0.2, 0.25) is 0 Å². The molecule has 0 amide bonds. The molecule has 0 unspecified atom stereocenters. The maximum Gasteiger partial charge on any atom is 0.160 e. The van der Waals surface area contributed by atoms with Crippen LogP contribution in [-0.4, -0.2) is 9.13 Å². The second kappa shape index (κ2) is 10.3. The smallest absolute Gasteiger partial charge is 0.160 e. The third-order valence-corrected chi connectivity index (χ3v) is 10.9. The van der Waals surface area contributed by atoms with Crippen molar-refractivity contribution in [3.63, 3.8) is 0 Å². The Labute approximate surface area is 296 Å². The molecule has 0 aliphatic rings. The molecule has 0 radical (unpaired) electrons. The number of hydrogen-bond donors (Lipinski definition) is 0. The summed E-state index contributed by atoms with van der Waals surface area (Å²) in [6, 6.07) is 60.5. The van der Waals surface area contributed by atoms with Crippen molar-refractivity contribution < 1.29 is 8.83 Å². The number of para-hydroxylation sites is 4. The Hall–Kier alpha value is -7.04. The fourth-order valence-electron chi connectivity index (χ4n) is 8.61.